The van der Waals surface area contributed by atoms with Crippen LogP contribution in [0.25, 0.3) is 106 Å². The molecule has 11 rings (SSSR count). The van der Waals surface area contributed by atoms with E-state index in [0.717, 1.165) is 43.8 Å². The highest BCUT2D eigenvalue weighted by molar-refractivity contribution is 6.21. The molecule has 0 amide bonds. The van der Waals surface area contributed by atoms with Gasteiger partial charge >= 0.3 is 0 Å². The highest BCUT2D eigenvalue weighted by Gasteiger charge is 2.21. The third kappa shape index (κ3) is 4.20. The fraction of sp³-hybridized carbons (Fsp3) is 0. The van der Waals surface area contributed by atoms with E-state index in [0.29, 0.717) is 33.7 Å². The lowest BCUT2D eigenvalue weighted by Crippen LogP contribution is -2.00. The molecule has 4 heterocycles. The third-order valence-corrected chi connectivity index (χ3v) is 9.56. The van der Waals surface area contributed by atoms with Crippen molar-refractivity contribution in [1.29, 1.82) is 0 Å². The first-order valence-electron chi connectivity index (χ1n) is 19.0. The molecule has 0 aliphatic heterocycles. The zero-order chi connectivity index (χ0) is 37.8. The topological polar surface area (TPSA) is 69.9 Å². The summed E-state index contributed by atoms with van der Waals surface area (Å²) in [5.41, 5.74) is 6.95. The molecule has 4 aromatic heterocycles. The van der Waals surface area contributed by atoms with Crippen molar-refractivity contribution in [1.82, 2.24) is 19.5 Å². The molecule has 0 aliphatic rings. The zero-order valence-electron chi connectivity index (χ0n) is 31.7. The minimum atomic E-state index is -0.490. The van der Waals surface area contributed by atoms with E-state index in [-0.39, 0.29) is 17.2 Å². The van der Waals surface area contributed by atoms with Gasteiger partial charge in [-0.25, -0.2) is 15.0 Å². The Morgan fingerprint density at radius 2 is 1.12 bits per heavy atom. The fourth-order valence-electron chi connectivity index (χ4n) is 7.32. The first-order valence-corrected chi connectivity index (χ1v) is 16.5. The largest absolute Gasteiger partial charge is 0.452 e. The van der Waals surface area contributed by atoms with E-state index in [9.17, 15) is 0 Å². The van der Waals surface area contributed by atoms with Gasteiger partial charge in [-0.1, -0.05) is 109 Å². The third-order valence-electron chi connectivity index (χ3n) is 9.56. The maximum absolute atomic E-state index is 8.69. The second-order valence-corrected chi connectivity index (χ2v) is 12.4. The van der Waals surface area contributed by atoms with E-state index in [1.54, 1.807) is 0 Å². The number of para-hydroxylation sites is 2. The smallest absolute Gasteiger partial charge is 0.178 e. The van der Waals surface area contributed by atoms with Crippen LogP contribution in [-0.2, 0) is 0 Å². The molecule has 6 heteroatoms. The van der Waals surface area contributed by atoms with Crippen molar-refractivity contribution >= 4 is 65.7 Å². The van der Waals surface area contributed by atoms with E-state index < -0.39 is 30.2 Å². The molecular formula is C45H26N4O2. The molecular weight excluding hydrogens is 629 g/mol. The Bertz CT molecular complexity index is 3360. The molecule has 238 valence electrons. The van der Waals surface area contributed by atoms with E-state index in [4.69, 9.17) is 25.7 Å². The van der Waals surface area contributed by atoms with Gasteiger partial charge in [0.1, 0.15) is 11.2 Å². The van der Waals surface area contributed by atoms with Crippen molar-refractivity contribution < 1.29 is 15.7 Å². The average Bonchev–Trinajstić information content (AvgIpc) is 3.92. The minimum absolute atomic E-state index is 0.0330. The summed E-state index contributed by atoms with van der Waals surface area (Å²) in [4.78, 5) is 14.3. The SMILES string of the molecule is [2H]c1c([2H])c([2H])c(-c2nc(-c3ccccc3)nc(-c3cccc4oc5c(ccc6c7cc(-n8c9ccccc9c9ccccc98)ccc7oc65)c34)n2)c([2H])c1[2H]. The van der Waals surface area contributed by atoms with Crippen molar-refractivity contribution in [3.63, 3.8) is 0 Å². The number of hydrogen-bond acceptors (Lipinski definition) is 5. The van der Waals surface area contributed by atoms with Gasteiger partial charge < -0.3 is 13.4 Å². The summed E-state index contributed by atoms with van der Waals surface area (Å²) in [6.45, 7) is 0. The number of furan rings is 2. The Labute approximate surface area is 297 Å². The van der Waals surface area contributed by atoms with Crippen molar-refractivity contribution in [2.24, 2.45) is 0 Å². The molecule has 7 aromatic carbocycles. The van der Waals surface area contributed by atoms with Gasteiger partial charge in [0.05, 0.1) is 17.9 Å². The monoisotopic (exact) mass is 659 g/mol. The van der Waals surface area contributed by atoms with Crippen LogP contribution >= 0.6 is 0 Å². The van der Waals surface area contributed by atoms with Gasteiger partial charge in [-0.2, -0.15) is 0 Å². The summed E-state index contributed by atoms with van der Waals surface area (Å²) in [7, 11) is 0. The highest BCUT2D eigenvalue weighted by atomic mass is 16.4. The molecule has 0 fully saturated rings. The molecule has 0 aliphatic carbocycles. The van der Waals surface area contributed by atoms with Gasteiger partial charge in [0.15, 0.2) is 28.6 Å². The van der Waals surface area contributed by atoms with Crippen molar-refractivity contribution in [2.75, 3.05) is 0 Å². The number of fused-ring (bicyclic) bond motifs is 10. The normalized spacial score (nSPS) is 13.3. The summed E-state index contributed by atoms with van der Waals surface area (Å²) in [6.07, 6.45) is 0. The summed E-state index contributed by atoms with van der Waals surface area (Å²) in [5.74, 6) is 0.518. The second kappa shape index (κ2) is 10.7. The fourth-order valence-corrected chi connectivity index (χ4v) is 7.32. The Hall–Kier alpha value is -7.05. The van der Waals surface area contributed by atoms with Crippen LogP contribution in [0.5, 0.6) is 0 Å². The maximum Gasteiger partial charge on any atom is 0.178 e. The average molecular weight is 660 g/mol. The predicted molar refractivity (Wildman–Crippen MR) is 205 cm³/mol. The van der Waals surface area contributed by atoms with Crippen LogP contribution in [0.3, 0.4) is 0 Å². The summed E-state index contributed by atoms with van der Waals surface area (Å²) in [6, 6.07) is 39.9. The molecule has 0 N–H and O–H groups in total. The highest BCUT2D eigenvalue weighted by Crippen LogP contribution is 2.43. The van der Waals surface area contributed by atoms with Gasteiger partial charge in [-0.15, -0.1) is 0 Å². The molecule has 6 nitrogen and oxygen atoms in total. The van der Waals surface area contributed by atoms with Crippen LogP contribution in [0.2, 0.25) is 0 Å². The Kier molecular flexibility index (Phi) is 4.91. The summed E-state index contributed by atoms with van der Waals surface area (Å²) in [5, 5.41) is 5.77. The number of rotatable bonds is 4. The molecule has 0 bridgehead atoms. The standard InChI is InChI=1S/C45H26N4O2/c1-3-12-27(13-4-1)43-46-44(28-14-5-2-6-15-28)48-45(47-43)34-18-11-21-39-40(34)33-24-23-32-35-26-29(22-25-38(35)50-41(32)42(33)51-39)49-36-19-9-7-16-30(36)31-17-8-10-20-37(31)49/h1-26H/i1D,3D,4D,12D,13D. The first kappa shape index (κ1) is 23.3. The predicted octanol–water partition coefficient (Wildman–Crippen LogP) is 11.8. The lowest BCUT2D eigenvalue weighted by atomic mass is 10.0. The van der Waals surface area contributed by atoms with Crippen LogP contribution < -0.4 is 0 Å². The molecule has 0 radical (unpaired) electrons. The van der Waals surface area contributed by atoms with Gasteiger partial charge in [0.25, 0.3) is 0 Å². The van der Waals surface area contributed by atoms with Crippen molar-refractivity contribution in [3.05, 3.63) is 158 Å². The lowest BCUT2D eigenvalue weighted by molar-refractivity contribution is 0.633. The molecule has 0 atom stereocenters. The van der Waals surface area contributed by atoms with Crippen LogP contribution in [0.4, 0.5) is 0 Å². The first-order chi connectivity index (χ1) is 27.4. The van der Waals surface area contributed by atoms with Crippen LogP contribution in [0.15, 0.2) is 166 Å². The van der Waals surface area contributed by atoms with E-state index in [1.807, 2.05) is 66.7 Å². The zero-order valence-corrected chi connectivity index (χ0v) is 26.7. The number of nitrogens with zero attached hydrogens (tertiary/aromatic N) is 4. The van der Waals surface area contributed by atoms with Crippen LogP contribution in [0.1, 0.15) is 6.85 Å². The number of aromatic nitrogens is 4. The second-order valence-electron chi connectivity index (χ2n) is 12.4. The van der Waals surface area contributed by atoms with E-state index in [2.05, 4.69) is 70.2 Å². The molecule has 0 spiro atoms. The Morgan fingerprint density at radius 1 is 0.471 bits per heavy atom. The van der Waals surface area contributed by atoms with Crippen molar-refractivity contribution in [2.45, 2.75) is 0 Å². The molecule has 51 heavy (non-hydrogen) atoms. The molecule has 11 aromatic rings. The van der Waals surface area contributed by atoms with Gasteiger partial charge in [0.2, 0.25) is 0 Å². The maximum atomic E-state index is 8.69. The Morgan fingerprint density at radius 3 is 1.90 bits per heavy atom. The summed E-state index contributed by atoms with van der Waals surface area (Å²) < 4.78 is 57.6. The van der Waals surface area contributed by atoms with Gasteiger partial charge in [0, 0.05) is 54.7 Å². The van der Waals surface area contributed by atoms with Gasteiger partial charge in [-0.05, 0) is 48.5 Å². The molecule has 0 saturated carbocycles. The number of hydrogen-bond donors (Lipinski definition) is 0. The number of benzene rings is 7. The van der Waals surface area contributed by atoms with Crippen LogP contribution in [0, 0.1) is 0 Å². The van der Waals surface area contributed by atoms with Crippen LogP contribution in [-0.4, -0.2) is 19.5 Å². The molecule has 0 unspecified atom stereocenters. The Balaban J connectivity index is 1.13. The minimum Gasteiger partial charge on any atom is -0.452 e. The quantitative estimate of drug-likeness (QED) is 0.188. The van der Waals surface area contributed by atoms with Gasteiger partial charge in [-0.3, -0.25) is 0 Å². The lowest BCUT2D eigenvalue weighted by Gasteiger charge is -2.09. The summed E-state index contributed by atoms with van der Waals surface area (Å²) >= 11 is 0. The van der Waals surface area contributed by atoms with Crippen molar-refractivity contribution in [3.8, 4) is 39.9 Å². The molecule has 0 saturated heterocycles. The van der Waals surface area contributed by atoms with E-state index in [1.165, 1.54) is 10.8 Å². The van der Waals surface area contributed by atoms with E-state index >= 15 is 0 Å².